The molecule has 0 aliphatic heterocycles. The van der Waals surface area contributed by atoms with Crippen LogP contribution in [-0.4, -0.2) is 29.3 Å². The smallest absolute Gasteiger partial charge is 0.373 e. The summed E-state index contributed by atoms with van der Waals surface area (Å²) in [6.45, 7) is 6.81. The first-order valence-electron chi connectivity index (χ1n) is 4.46. The van der Waals surface area contributed by atoms with Crippen LogP contribution in [0.1, 0.15) is 27.7 Å². The van der Waals surface area contributed by atoms with Gasteiger partial charge in [-0.2, -0.15) is 9.59 Å². The van der Waals surface area contributed by atoms with Gasteiger partial charge in [0.15, 0.2) is 0 Å². The quantitative estimate of drug-likeness (QED) is 0.562. The Morgan fingerprint density at radius 3 is 1.38 bits per heavy atom. The molecule has 6 heteroatoms. The van der Waals surface area contributed by atoms with Crippen LogP contribution in [0.2, 0.25) is 0 Å². The topological polar surface area (TPSA) is 106 Å². The Balaban J connectivity index is -0.000000181. The normalized spacial score (nSPS) is 7.88. The highest BCUT2D eigenvalue weighted by Gasteiger charge is 2.14. The molecule has 6 nitrogen and oxygen atoms in total. The summed E-state index contributed by atoms with van der Waals surface area (Å²) in [6.07, 6.45) is 1.17. The van der Waals surface area contributed by atoms with Crippen molar-refractivity contribution in [3.63, 3.8) is 0 Å². The van der Waals surface area contributed by atoms with Crippen molar-refractivity contribution in [3.05, 3.63) is 0 Å². The highest BCUT2D eigenvalue weighted by Crippen LogP contribution is 1.92. The monoisotopic (exact) mass is 232 g/mol. The van der Waals surface area contributed by atoms with Gasteiger partial charge in [0.25, 0.3) is 0 Å². The Hall–Kier alpha value is -1.81. The molecule has 0 amide bonds. The number of rotatable bonds is 3. The molecule has 0 saturated heterocycles. The summed E-state index contributed by atoms with van der Waals surface area (Å²) < 4.78 is 0. The summed E-state index contributed by atoms with van der Waals surface area (Å²) in [5.74, 6) is -2.27. The maximum absolute atomic E-state index is 10.2. The second kappa shape index (κ2) is 13.2. The van der Waals surface area contributed by atoms with Gasteiger partial charge in [-0.05, 0) is 0 Å². The number of carbonyl (C=O) groups is 3. The van der Waals surface area contributed by atoms with E-state index in [4.69, 9.17) is 14.7 Å². The van der Waals surface area contributed by atoms with Gasteiger partial charge in [-0.3, -0.25) is 4.79 Å². The first-order chi connectivity index (χ1) is 7.24. The SMILES string of the molecule is CC(C)C(=O)C(=O)O.CC(C)C=O.O=C=O. The van der Waals surface area contributed by atoms with Crippen LogP contribution >= 0.6 is 0 Å². The predicted octanol–water partition coefficient (Wildman–Crippen LogP) is 0.554. The molecule has 1 N–H and O–H groups in total. The molecule has 0 bridgehead atoms. The van der Waals surface area contributed by atoms with Crippen molar-refractivity contribution in [2.24, 2.45) is 11.8 Å². The standard InChI is InChI=1S/C5H8O3.C4H8O.CO2/c1-3(2)4(6)5(7)8;1-4(2)3-5;2-1-3/h3H,1-2H3,(H,7,8);3-4H,1-2H3;. The van der Waals surface area contributed by atoms with Gasteiger partial charge < -0.3 is 9.90 Å². The van der Waals surface area contributed by atoms with Gasteiger partial charge in [0, 0.05) is 11.8 Å². The number of hydrogen-bond acceptors (Lipinski definition) is 5. The Kier molecular flexibility index (Phi) is 16.3. The number of carbonyl (C=O) groups excluding carboxylic acids is 4. The fraction of sp³-hybridized carbons (Fsp3) is 0.600. The lowest BCUT2D eigenvalue weighted by Gasteiger charge is -1.93. The maximum Gasteiger partial charge on any atom is 0.373 e. The molecule has 0 fully saturated rings. The molecule has 92 valence electrons. The zero-order chi connectivity index (χ0) is 13.7. The Morgan fingerprint density at radius 2 is 1.38 bits per heavy atom. The molecule has 16 heavy (non-hydrogen) atoms. The average molecular weight is 232 g/mol. The molecule has 0 rings (SSSR count). The second-order valence-electron chi connectivity index (χ2n) is 3.29. The van der Waals surface area contributed by atoms with Crippen LogP contribution in [0.5, 0.6) is 0 Å². The van der Waals surface area contributed by atoms with Gasteiger partial charge in [0.05, 0.1) is 0 Å². The summed E-state index contributed by atoms with van der Waals surface area (Å²) in [7, 11) is 0. The number of ketones is 1. The van der Waals surface area contributed by atoms with Gasteiger partial charge in [0.1, 0.15) is 6.29 Å². The van der Waals surface area contributed by atoms with Gasteiger partial charge in [-0.25, -0.2) is 4.79 Å². The van der Waals surface area contributed by atoms with Crippen LogP contribution in [0.15, 0.2) is 0 Å². The fourth-order valence-corrected chi connectivity index (χ4v) is 0.247. The highest BCUT2D eigenvalue weighted by molar-refractivity contribution is 6.33. The van der Waals surface area contributed by atoms with Crippen molar-refractivity contribution in [2.75, 3.05) is 0 Å². The number of Topliss-reactive ketones (excluding diaryl/α,β-unsaturated/α-hetero) is 1. The Morgan fingerprint density at radius 1 is 1.12 bits per heavy atom. The van der Waals surface area contributed by atoms with Crippen molar-refractivity contribution in [1.82, 2.24) is 0 Å². The maximum atomic E-state index is 10.2. The highest BCUT2D eigenvalue weighted by atomic mass is 16.4. The summed E-state index contributed by atoms with van der Waals surface area (Å²) in [5, 5.41) is 8.00. The molecular formula is C10H16O6. The van der Waals surface area contributed by atoms with E-state index in [9.17, 15) is 14.4 Å². The molecule has 0 aliphatic carbocycles. The van der Waals surface area contributed by atoms with E-state index in [0.29, 0.717) is 0 Å². The Labute approximate surface area is 93.6 Å². The first kappa shape index (κ1) is 19.7. The third-order valence-electron chi connectivity index (χ3n) is 1.01. The van der Waals surface area contributed by atoms with E-state index in [-0.39, 0.29) is 12.1 Å². The van der Waals surface area contributed by atoms with Gasteiger partial charge in [-0.15, -0.1) is 0 Å². The van der Waals surface area contributed by atoms with Crippen LogP contribution in [0, 0.1) is 11.8 Å². The molecule has 0 aliphatic rings. The van der Waals surface area contributed by atoms with E-state index < -0.39 is 17.7 Å². The molecule has 0 aromatic heterocycles. The summed E-state index contributed by atoms with van der Waals surface area (Å²) in [4.78, 5) is 45.8. The second-order valence-corrected chi connectivity index (χ2v) is 3.29. The number of aldehydes is 1. The number of carboxylic acid groups (broad SMARTS) is 1. The zero-order valence-electron chi connectivity index (χ0n) is 9.72. The minimum absolute atomic E-state index is 0.204. The lowest BCUT2D eigenvalue weighted by Crippen LogP contribution is -2.18. The third kappa shape index (κ3) is 22.8. The molecule has 0 atom stereocenters. The zero-order valence-corrected chi connectivity index (χ0v) is 9.72. The largest absolute Gasteiger partial charge is 0.475 e. The summed E-state index contributed by atoms with van der Waals surface area (Å²) in [6, 6.07) is 0. The van der Waals surface area contributed by atoms with E-state index in [1.165, 1.54) is 0 Å². The molecular weight excluding hydrogens is 216 g/mol. The van der Waals surface area contributed by atoms with Gasteiger partial charge in [-0.1, -0.05) is 27.7 Å². The molecule has 0 saturated carbocycles. The van der Waals surface area contributed by atoms with E-state index in [2.05, 4.69) is 0 Å². The van der Waals surface area contributed by atoms with Crippen LogP contribution < -0.4 is 0 Å². The predicted molar refractivity (Wildman–Crippen MR) is 53.4 cm³/mol. The molecule has 0 spiro atoms. The van der Waals surface area contributed by atoms with Crippen molar-refractivity contribution in [3.8, 4) is 0 Å². The molecule has 0 heterocycles. The minimum Gasteiger partial charge on any atom is -0.475 e. The Bertz CT molecular complexity index is 248. The van der Waals surface area contributed by atoms with Crippen molar-refractivity contribution < 1.29 is 29.1 Å². The van der Waals surface area contributed by atoms with E-state index in [1.54, 1.807) is 13.8 Å². The summed E-state index contributed by atoms with van der Waals surface area (Å²) in [5.41, 5.74) is 0. The van der Waals surface area contributed by atoms with Crippen LogP contribution in [-0.2, 0) is 24.0 Å². The van der Waals surface area contributed by atoms with Gasteiger partial charge >= 0.3 is 12.1 Å². The lowest BCUT2D eigenvalue weighted by atomic mass is 10.1. The van der Waals surface area contributed by atoms with E-state index in [0.717, 1.165) is 6.29 Å². The minimum atomic E-state index is -1.35. The van der Waals surface area contributed by atoms with Crippen molar-refractivity contribution in [2.45, 2.75) is 27.7 Å². The molecule has 0 aromatic carbocycles. The van der Waals surface area contributed by atoms with E-state index in [1.807, 2.05) is 13.8 Å². The van der Waals surface area contributed by atoms with E-state index >= 15 is 0 Å². The van der Waals surface area contributed by atoms with Crippen LogP contribution in [0.4, 0.5) is 0 Å². The average Bonchev–Trinajstić information content (AvgIpc) is 2.18. The van der Waals surface area contributed by atoms with Gasteiger partial charge in [0.2, 0.25) is 5.78 Å². The number of hydrogen-bond donors (Lipinski definition) is 1. The molecule has 0 aromatic rings. The number of carboxylic acids is 1. The van der Waals surface area contributed by atoms with Crippen molar-refractivity contribution >= 4 is 24.2 Å². The first-order valence-corrected chi connectivity index (χ1v) is 4.46. The number of aliphatic carboxylic acids is 1. The summed E-state index contributed by atoms with van der Waals surface area (Å²) >= 11 is 0. The lowest BCUT2D eigenvalue weighted by molar-refractivity contribution is -0.191. The molecule has 0 radical (unpaired) electrons. The molecule has 0 unspecified atom stereocenters. The van der Waals surface area contributed by atoms with Crippen molar-refractivity contribution in [1.29, 1.82) is 0 Å². The third-order valence-corrected chi connectivity index (χ3v) is 1.01. The van der Waals surface area contributed by atoms with Crippen LogP contribution in [0.25, 0.3) is 0 Å². The van der Waals surface area contributed by atoms with Crippen LogP contribution in [0.3, 0.4) is 0 Å². The fourth-order valence-electron chi connectivity index (χ4n) is 0.247.